The van der Waals surface area contributed by atoms with Crippen molar-refractivity contribution in [2.24, 2.45) is 29.1 Å². The van der Waals surface area contributed by atoms with Crippen molar-refractivity contribution in [1.82, 2.24) is 10.6 Å². The summed E-state index contributed by atoms with van der Waals surface area (Å²) in [7, 11) is 1.61. The predicted octanol–water partition coefficient (Wildman–Crippen LogP) is 3.01. The summed E-state index contributed by atoms with van der Waals surface area (Å²) >= 11 is 0. The van der Waals surface area contributed by atoms with Gasteiger partial charge in [-0.2, -0.15) is 0 Å². The fourth-order valence-corrected chi connectivity index (χ4v) is 5.97. The monoisotopic (exact) mass is 430 g/mol. The molecule has 2 aliphatic carbocycles. The Bertz CT molecular complexity index is 755. The van der Waals surface area contributed by atoms with Crippen LogP contribution in [0.25, 0.3) is 0 Å². The molecule has 0 heterocycles. The second-order valence-corrected chi connectivity index (χ2v) is 9.79. The molecule has 3 rings (SSSR count). The fourth-order valence-electron chi connectivity index (χ4n) is 5.97. The number of hydrogen-bond acceptors (Lipinski definition) is 4. The van der Waals surface area contributed by atoms with Gasteiger partial charge in [0.15, 0.2) is 0 Å². The maximum absolute atomic E-state index is 12.7. The third-order valence-corrected chi connectivity index (χ3v) is 7.90. The minimum atomic E-state index is -0.562. The molecule has 0 bridgehead atoms. The van der Waals surface area contributed by atoms with Crippen molar-refractivity contribution >= 4 is 11.8 Å². The predicted molar refractivity (Wildman–Crippen MR) is 120 cm³/mol. The minimum absolute atomic E-state index is 0.0185. The molecule has 0 saturated heterocycles. The van der Waals surface area contributed by atoms with E-state index in [0.717, 1.165) is 25.7 Å². The number of aliphatic hydroxyl groups is 1. The SMILES string of the molecule is COCCNC(=O)[C@@H](C)[C@H]1CC[C@]2(C)CC[C@H](NC(=O)c3ccccc3)[C@H](C)[C@@H]2[C@H]1O. The molecule has 2 amide bonds. The molecule has 6 nitrogen and oxygen atoms in total. The molecule has 1 aromatic rings. The highest BCUT2D eigenvalue weighted by atomic mass is 16.5. The van der Waals surface area contributed by atoms with Gasteiger partial charge in [0.1, 0.15) is 0 Å². The van der Waals surface area contributed by atoms with Crippen LogP contribution in [0.5, 0.6) is 0 Å². The molecule has 3 N–H and O–H groups in total. The smallest absolute Gasteiger partial charge is 0.251 e. The van der Waals surface area contributed by atoms with Gasteiger partial charge in [-0.15, -0.1) is 0 Å². The second-order valence-electron chi connectivity index (χ2n) is 9.79. The van der Waals surface area contributed by atoms with Crippen molar-refractivity contribution in [1.29, 1.82) is 0 Å². The summed E-state index contributed by atoms with van der Waals surface area (Å²) < 4.78 is 5.01. The number of carbonyl (C=O) groups excluding carboxylic acids is 2. The number of amides is 2. The molecule has 2 saturated carbocycles. The summed E-state index contributed by atoms with van der Waals surface area (Å²) in [5.41, 5.74) is 0.696. The first kappa shape index (κ1) is 23.7. The molecule has 7 atom stereocenters. The van der Waals surface area contributed by atoms with Crippen molar-refractivity contribution in [2.45, 2.75) is 58.6 Å². The van der Waals surface area contributed by atoms with Crippen LogP contribution in [0.4, 0.5) is 0 Å². The highest BCUT2D eigenvalue weighted by molar-refractivity contribution is 5.94. The van der Waals surface area contributed by atoms with Gasteiger partial charge >= 0.3 is 0 Å². The van der Waals surface area contributed by atoms with Crippen LogP contribution in [-0.4, -0.2) is 49.3 Å². The number of rotatable bonds is 7. The molecule has 31 heavy (non-hydrogen) atoms. The number of methoxy groups -OCH3 is 1. The Morgan fingerprint density at radius 2 is 1.90 bits per heavy atom. The van der Waals surface area contributed by atoms with Gasteiger partial charge in [0.05, 0.1) is 12.7 Å². The van der Waals surface area contributed by atoms with Gasteiger partial charge in [0.25, 0.3) is 5.91 Å². The van der Waals surface area contributed by atoms with E-state index in [1.165, 1.54) is 0 Å². The molecule has 6 heteroatoms. The molecule has 172 valence electrons. The first-order chi connectivity index (χ1) is 14.8. The van der Waals surface area contributed by atoms with Gasteiger partial charge in [0.2, 0.25) is 5.91 Å². The average molecular weight is 431 g/mol. The van der Waals surface area contributed by atoms with Crippen LogP contribution in [0, 0.1) is 29.1 Å². The highest BCUT2D eigenvalue weighted by Gasteiger charge is 2.53. The van der Waals surface area contributed by atoms with Crippen molar-refractivity contribution in [2.75, 3.05) is 20.3 Å². The van der Waals surface area contributed by atoms with Crippen LogP contribution in [0.3, 0.4) is 0 Å². The van der Waals surface area contributed by atoms with Crippen molar-refractivity contribution < 1.29 is 19.4 Å². The molecular formula is C25H38N2O4. The van der Waals surface area contributed by atoms with Crippen LogP contribution in [0.2, 0.25) is 0 Å². The van der Waals surface area contributed by atoms with E-state index >= 15 is 0 Å². The van der Waals surface area contributed by atoms with Crippen LogP contribution >= 0.6 is 0 Å². The third kappa shape index (κ3) is 5.12. The molecule has 0 aliphatic heterocycles. The Labute approximate surface area is 186 Å². The van der Waals surface area contributed by atoms with Gasteiger partial charge in [-0.3, -0.25) is 9.59 Å². The number of ether oxygens (including phenoxy) is 1. The zero-order valence-electron chi connectivity index (χ0n) is 19.3. The standard InChI is InChI=1S/C25H38N2O4/c1-16(23(29)26-14-15-31-4)19-10-12-25(3)13-11-20(17(2)21(25)22(19)28)27-24(30)18-8-6-5-7-9-18/h5-9,16-17,19-22,28H,10-15H2,1-4H3,(H,26,29)(H,27,30)/t16-,17-,19+,20-,21+,22-,25+/m0/s1. The largest absolute Gasteiger partial charge is 0.392 e. The van der Waals surface area contributed by atoms with Gasteiger partial charge in [0, 0.05) is 31.2 Å². The first-order valence-corrected chi connectivity index (χ1v) is 11.6. The highest BCUT2D eigenvalue weighted by Crippen LogP contribution is 2.55. The van der Waals surface area contributed by atoms with E-state index in [9.17, 15) is 14.7 Å². The Hall–Kier alpha value is -1.92. The van der Waals surface area contributed by atoms with Crippen LogP contribution < -0.4 is 10.6 Å². The molecular weight excluding hydrogens is 392 g/mol. The summed E-state index contributed by atoms with van der Waals surface area (Å²) in [4.78, 5) is 25.3. The van der Waals surface area contributed by atoms with Gasteiger partial charge in [-0.05, 0) is 61.0 Å². The van der Waals surface area contributed by atoms with Gasteiger partial charge < -0.3 is 20.5 Å². The number of carbonyl (C=O) groups is 2. The molecule has 0 spiro atoms. The Kier molecular flexibility index (Phi) is 7.76. The van der Waals surface area contributed by atoms with Crippen LogP contribution in [0.1, 0.15) is 56.8 Å². The van der Waals surface area contributed by atoms with E-state index in [1.807, 2.05) is 37.3 Å². The zero-order valence-corrected chi connectivity index (χ0v) is 19.3. The third-order valence-electron chi connectivity index (χ3n) is 7.90. The molecule has 2 fully saturated rings. The minimum Gasteiger partial charge on any atom is -0.392 e. The summed E-state index contributed by atoms with van der Waals surface area (Å²) in [6.07, 6.45) is 3.17. The topological polar surface area (TPSA) is 87.7 Å². The van der Waals surface area contributed by atoms with E-state index in [4.69, 9.17) is 4.74 Å². The summed E-state index contributed by atoms with van der Waals surface area (Å²) in [5.74, 6) is -0.242. The summed E-state index contributed by atoms with van der Waals surface area (Å²) in [6.45, 7) is 7.29. The molecule has 0 unspecified atom stereocenters. The quantitative estimate of drug-likeness (QED) is 0.581. The normalized spacial score (nSPS) is 33.8. The maximum atomic E-state index is 12.7. The number of aliphatic hydroxyl groups excluding tert-OH is 1. The van der Waals surface area contributed by atoms with E-state index < -0.39 is 6.10 Å². The van der Waals surface area contributed by atoms with Crippen LogP contribution in [0.15, 0.2) is 30.3 Å². The van der Waals surface area contributed by atoms with E-state index in [-0.39, 0.29) is 46.9 Å². The Morgan fingerprint density at radius 1 is 1.23 bits per heavy atom. The lowest BCUT2D eigenvalue weighted by Gasteiger charge is -2.56. The Balaban J connectivity index is 1.70. The molecule has 1 aromatic carbocycles. The average Bonchev–Trinajstić information content (AvgIpc) is 2.76. The lowest BCUT2D eigenvalue weighted by Crippen LogP contribution is -2.58. The maximum Gasteiger partial charge on any atom is 0.251 e. The first-order valence-electron chi connectivity index (χ1n) is 11.6. The van der Waals surface area contributed by atoms with E-state index in [2.05, 4.69) is 24.5 Å². The zero-order chi connectivity index (χ0) is 22.6. The number of nitrogens with one attached hydrogen (secondary N) is 2. The van der Waals surface area contributed by atoms with E-state index in [0.29, 0.717) is 18.7 Å². The van der Waals surface area contributed by atoms with Crippen LogP contribution in [-0.2, 0) is 9.53 Å². The number of hydrogen-bond donors (Lipinski definition) is 3. The number of benzene rings is 1. The van der Waals surface area contributed by atoms with Crippen molar-refractivity contribution in [3.63, 3.8) is 0 Å². The van der Waals surface area contributed by atoms with Crippen molar-refractivity contribution in [3.05, 3.63) is 35.9 Å². The summed E-state index contributed by atoms with van der Waals surface area (Å²) in [5, 5.41) is 17.6. The molecule has 0 radical (unpaired) electrons. The molecule has 0 aromatic heterocycles. The van der Waals surface area contributed by atoms with Gasteiger partial charge in [-0.1, -0.05) is 39.0 Å². The summed E-state index contributed by atoms with van der Waals surface area (Å²) in [6, 6.07) is 9.29. The number of fused-ring (bicyclic) bond motifs is 1. The lowest BCUT2D eigenvalue weighted by atomic mass is 9.51. The lowest BCUT2D eigenvalue weighted by molar-refractivity contribution is -0.142. The second kappa shape index (κ2) is 10.1. The fraction of sp³-hybridized carbons (Fsp3) is 0.680. The van der Waals surface area contributed by atoms with Gasteiger partial charge in [-0.25, -0.2) is 0 Å². The van der Waals surface area contributed by atoms with Crippen molar-refractivity contribution in [3.8, 4) is 0 Å². The van der Waals surface area contributed by atoms with E-state index in [1.54, 1.807) is 7.11 Å². The Morgan fingerprint density at radius 3 is 2.58 bits per heavy atom. The molecule has 2 aliphatic rings.